The van der Waals surface area contributed by atoms with Crippen LogP contribution in [0.15, 0.2) is 35.4 Å². The van der Waals surface area contributed by atoms with Gasteiger partial charge in [0.15, 0.2) is 5.16 Å². The second-order valence-electron chi connectivity index (χ2n) is 3.25. The van der Waals surface area contributed by atoms with Gasteiger partial charge in [0, 0.05) is 12.4 Å². The van der Waals surface area contributed by atoms with Crippen LogP contribution >= 0.6 is 11.8 Å². The van der Waals surface area contributed by atoms with Gasteiger partial charge >= 0.3 is 0 Å². The van der Waals surface area contributed by atoms with Crippen LogP contribution in [0.3, 0.4) is 0 Å². The highest BCUT2D eigenvalue weighted by Gasteiger charge is 2.10. The Bertz CT molecular complexity index is 648. The van der Waals surface area contributed by atoms with Crippen LogP contribution in [0.2, 0.25) is 0 Å². The maximum absolute atomic E-state index is 5.34. The number of aromatic nitrogens is 8. The van der Waals surface area contributed by atoms with Gasteiger partial charge in [-0.2, -0.15) is 20.1 Å². The molecule has 0 bridgehead atoms. The number of nitrogens with zero attached hydrogens (tertiary/aromatic N) is 7. The first kappa shape index (κ1) is 11.6. The highest BCUT2D eigenvalue weighted by Crippen LogP contribution is 2.21. The van der Waals surface area contributed by atoms with Crippen molar-refractivity contribution in [2.45, 2.75) is 10.3 Å². The van der Waals surface area contributed by atoms with Crippen LogP contribution in [0.5, 0.6) is 0 Å². The number of hydrogen-bond acceptors (Lipinski definition) is 9. The maximum Gasteiger partial charge on any atom is 0.242 e. The summed E-state index contributed by atoms with van der Waals surface area (Å²) in [6, 6.07) is 0. The number of imidazole rings is 1. The Labute approximate surface area is 110 Å². The van der Waals surface area contributed by atoms with Crippen molar-refractivity contribution in [1.82, 2.24) is 39.7 Å². The predicted octanol–water partition coefficient (Wildman–Crippen LogP) is -0.388. The lowest BCUT2D eigenvalue weighted by molar-refractivity contribution is 0.821. The first-order chi connectivity index (χ1) is 9.35. The number of hydrazine groups is 1. The molecular formula is C8H8N10S. The van der Waals surface area contributed by atoms with Crippen LogP contribution in [-0.2, 0) is 0 Å². The number of nitrogen functional groups attached to an aromatic ring is 1. The summed E-state index contributed by atoms with van der Waals surface area (Å²) in [6.45, 7) is 0. The molecule has 0 saturated carbocycles. The van der Waals surface area contributed by atoms with E-state index in [1.54, 1.807) is 23.3 Å². The zero-order valence-electron chi connectivity index (χ0n) is 9.43. The lowest BCUT2D eigenvalue weighted by Gasteiger charge is -2.05. The SMILES string of the molecule is NNc1nc(Sc2ncn[nH]2)nc(-n2ccnc2)n1. The Hall–Kier alpha value is -2.53. The topological polar surface area (TPSA) is 136 Å². The first-order valence-electron chi connectivity index (χ1n) is 5.09. The zero-order valence-corrected chi connectivity index (χ0v) is 10.2. The van der Waals surface area contributed by atoms with Crippen molar-refractivity contribution in [3.63, 3.8) is 0 Å². The van der Waals surface area contributed by atoms with Crippen molar-refractivity contribution in [1.29, 1.82) is 0 Å². The van der Waals surface area contributed by atoms with Crippen LogP contribution in [0.25, 0.3) is 5.95 Å². The van der Waals surface area contributed by atoms with Crippen LogP contribution in [0.4, 0.5) is 5.95 Å². The van der Waals surface area contributed by atoms with E-state index in [0.717, 1.165) is 0 Å². The summed E-state index contributed by atoms with van der Waals surface area (Å²) in [5, 5.41) is 7.47. The summed E-state index contributed by atoms with van der Waals surface area (Å²) in [5.41, 5.74) is 2.39. The molecule has 3 heterocycles. The molecule has 0 fully saturated rings. The number of nitrogens with one attached hydrogen (secondary N) is 2. The molecule has 3 rings (SSSR count). The minimum absolute atomic E-state index is 0.251. The van der Waals surface area contributed by atoms with Crippen molar-refractivity contribution in [3.05, 3.63) is 25.0 Å². The fourth-order valence-electron chi connectivity index (χ4n) is 1.28. The summed E-state index contributed by atoms with van der Waals surface area (Å²) < 4.78 is 1.65. The summed E-state index contributed by atoms with van der Waals surface area (Å²) in [7, 11) is 0. The van der Waals surface area contributed by atoms with Crippen LogP contribution in [0, 0.1) is 0 Å². The molecule has 3 aromatic heterocycles. The minimum atomic E-state index is 0.251. The molecule has 0 aliphatic carbocycles. The van der Waals surface area contributed by atoms with E-state index >= 15 is 0 Å². The van der Waals surface area contributed by atoms with E-state index in [4.69, 9.17) is 5.84 Å². The fourth-order valence-corrected chi connectivity index (χ4v) is 1.91. The summed E-state index contributed by atoms with van der Waals surface area (Å²) in [6.07, 6.45) is 6.34. The highest BCUT2D eigenvalue weighted by atomic mass is 32.2. The van der Waals surface area contributed by atoms with Crippen LogP contribution in [-0.4, -0.2) is 39.7 Å². The van der Waals surface area contributed by atoms with Gasteiger partial charge < -0.3 is 0 Å². The monoisotopic (exact) mass is 276 g/mol. The number of rotatable bonds is 4. The van der Waals surface area contributed by atoms with Gasteiger partial charge in [0.2, 0.25) is 17.1 Å². The molecule has 0 aliphatic heterocycles. The number of hydrogen-bond donors (Lipinski definition) is 3. The van der Waals surface area contributed by atoms with Gasteiger partial charge in [-0.25, -0.2) is 15.8 Å². The summed E-state index contributed by atoms with van der Waals surface area (Å²) in [4.78, 5) is 20.4. The van der Waals surface area contributed by atoms with Gasteiger partial charge in [-0.15, -0.1) is 0 Å². The smallest absolute Gasteiger partial charge is 0.242 e. The molecule has 0 aromatic carbocycles. The molecule has 0 unspecified atom stereocenters. The van der Waals surface area contributed by atoms with E-state index in [1.165, 1.54) is 18.1 Å². The molecule has 19 heavy (non-hydrogen) atoms. The summed E-state index contributed by atoms with van der Waals surface area (Å²) >= 11 is 1.21. The van der Waals surface area contributed by atoms with Gasteiger partial charge in [-0.1, -0.05) is 0 Å². The zero-order chi connectivity index (χ0) is 13.1. The van der Waals surface area contributed by atoms with Crippen molar-refractivity contribution in [2.75, 3.05) is 5.43 Å². The van der Waals surface area contributed by atoms with Crippen LogP contribution < -0.4 is 11.3 Å². The second kappa shape index (κ2) is 4.99. The largest absolute Gasteiger partial charge is 0.292 e. The molecule has 0 radical (unpaired) electrons. The van der Waals surface area contributed by atoms with Crippen molar-refractivity contribution in [2.24, 2.45) is 5.84 Å². The Balaban J connectivity index is 1.98. The standard InChI is InChI=1S/C8H8N10S/c9-16-5-13-6(18-2-1-10-4-18)15-8(14-5)19-7-11-3-12-17-7/h1-4H,9H2,(H,11,12,17)(H,13,14,15,16). The quantitative estimate of drug-likeness (QED) is 0.430. The molecule has 3 aromatic rings. The average molecular weight is 276 g/mol. The molecule has 96 valence electrons. The van der Waals surface area contributed by atoms with Gasteiger partial charge in [0.05, 0.1) is 0 Å². The van der Waals surface area contributed by atoms with Crippen molar-refractivity contribution < 1.29 is 0 Å². The lowest BCUT2D eigenvalue weighted by atomic mass is 10.8. The Morgan fingerprint density at radius 1 is 1.32 bits per heavy atom. The Morgan fingerprint density at radius 2 is 2.26 bits per heavy atom. The highest BCUT2D eigenvalue weighted by molar-refractivity contribution is 7.99. The minimum Gasteiger partial charge on any atom is -0.292 e. The van der Waals surface area contributed by atoms with E-state index in [9.17, 15) is 0 Å². The van der Waals surface area contributed by atoms with E-state index < -0.39 is 0 Å². The van der Waals surface area contributed by atoms with Crippen molar-refractivity contribution in [3.8, 4) is 5.95 Å². The molecular weight excluding hydrogens is 268 g/mol. The van der Waals surface area contributed by atoms with Crippen LogP contribution in [0.1, 0.15) is 0 Å². The molecule has 0 aliphatic rings. The van der Waals surface area contributed by atoms with Gasteiger partial charge in [-0.05, 0) is 11.8 Å². The predicted molar refractivity (Wildman–Crippen MR) is 65.3 cm³/mol. The van der Waals surface area contributed by atoms with Gasteiger partial charge in [0.1, 0.15) is 12.7 Å². The van der Waals surface area contributed by atoms with Gasteiger partial charge in [0.25, 0.3) is 0 Å². The third-order valence-electron chi connectivity index (χ3n) is 2.05. The summed E-state index contributed by atoms with van der Waals surface area (Å²) in [5.74, 6) is 6.00. The van der Waals surface area contributed by atoms with E-state index in [0.29, 0.717) is 16.3 Å². The van der Waals surface area contributed by atoms with E-state index in [2.05, 4.69) is 40.5 Å². The third-order valence-corrected chi connectivity index (χ3v) is 2.80. The molecule has 11 heteroatoms. The molecule has 10 nitrogen and oxygen atoms in total. The Morgan fingerprint density at radius 3 is 2.95 bits per heavy atom. The number of aromatic amines is 1. The maximum atomic E-state index is 5.34. The number of nitrogens with two attached hydrogens (primary N) is 1. The molecule has 0 saturated heterocycles. The van der Waals surface area contributed by atoms with E-state index in [-0.39, 0.29) is 5.95 Å². The molecule has 0 atom stereocenters. The van der Waals surface area contributed by atoms with Crippen molar-refractivity contribution >= 4 is 17.7 Å². The fraction of sp³-hybridized carbons (Fsp3) is 0. The Kier molecular flexibility index (Phi) is 3.04. The molecule has 4 N–H and O–H groups in total. The van der Waals surface area contributed by atoms with E-state index in [1.807, 2.05) is 0 Å². The normalized spacial score (nSPS) is 10.6. The third kappa shape index (κ3) is 2.51. The molecule has 0 spiro atoms. The second-order valence-corrected chi connectivity index (χ2v) is 4.20. The number of H-pyrrole nitrogens is 1. The molecule has 0 amide bonds. The average Bonchev–Trinajstić information content (AvgIpc) is 3.11. The lowest BCUT2D eigenvalue weighted by Crippen LogP contribution is -2.13. The number of anilines is 1. The first-order valence-corrected chi connectivity index (χ1v) is 5.91. The van der Waals surface area contributed by atoms with Gasteiger partial charge in [-0.3, -0.25) is 15.1 Å².